The quantitative estimate of drug-likeness (QED) is 0.229. The molecule has 198 valence electrons. The van der Waals surface area contributed by atoms with E-state index in [1.54, 1.807) is 35.6 Å². The molecule has 4 nitrogen and oxygen atoms in total. The minimum Gasteiger partial charge on any atom is -0.363 e. The maximum atomic E-state index is 14.1. The third kappa shape index (κ3) is 4.89. The molecule has 8 heteroatoms. The second-order valence-corrected chi connectivity index (χ2v) is 10.8. The highest BCUT2D eigenvalue weighted by molar-refractivity contribution is 7.13. The van der Waals surface area contributed by atoms with Crippen LogP contribution in [0.15, 0.2) is 78.3 Å². The Morgan fingerprint density at radius 3 is 2.34 bits per heavy atom. The van der Waals surface area contributed by atoms with Crippen molar-refractivity contribution in [1.29, 1.82) is 0 Å². The van der Waals surface area contributed by atoms with Gasteiger partial charge in [-0.25, -0.2) is 4.68 Å². The van der Waals surface area contributed by atoms with Gasteiger partial charge in [-0.05, 0) is 41.0 Å². The van der Waals surface area contributed by atoms with E-state index in [-0.39, 0.29) is 30.0 Å². The summed E-state index contributed by atoms with van der Waals surface area (Å²) >= 11 is 1.67. The standard InChI is InChI=1S/C30H30F3N3OS/c1-3-29(4-2,22-14-12-21(13-15-22)26-11-8-16-38-26)18-25(37)23-19-34-36-27(30(31,32)33)17-24(35-28(23)36)20-9-6-5-7-10-20/h5-16,19,24,27,35H,3-4,17-18H2,1-2H3. The lowest BCUT2D eigenvalue weighted by Gasteiger charge is -2.35. The molecule has 2 atom stereocenters. The number of hydrogen-bond acceptors (Lipinski definition) is 4. The van der Waals surface area contributed by atoms with Crippen LogP contribution in [-0.2, 0) is 5.41 Å². The molecule has 0 fully saturated rings. The van der Waals surface area contributed by atoms with Crippen LogP contribution in [0.4, 0.5) is 19.0 Å². The molecule has 3 heterocycles. The molecule has 0 bridgehead atoms. The van der Waals surface area contributed by atoms with E-state index >= 15 is 0 Å². The largest absolute Gasteiger partial charge is 0.410 e. The number of nitrogens with zero attached hydrogens (tertiary/aromatic N) is 2. The Morgan fingerprint density at radius 1 is 1.03 bits per heavy atom. The number of rotatable bonds is 8. The van der Waals surface area contributed by atoms with E-state index in [2.05, 4.69) is 54.6 Å². The van der Waals surface area contributed by atoms with Crippen molar-refractivity contribution in [3.63, 3.8) is 0 Å². The van der Waals surface area contributed by atoms with Gasteiger partial charge >= 0.3 is 6.18 Å². The second kappa shape index (κ2) is 10.4. The molecule has 2 aromatic carbocycles. The molecule has 2 aromatic heterocycles. The number of anilines is 1. The van der Waals surface area contributed by atoms with Gasteiger partial charge in [0.15, 0.2) is 11.8 Å². The van der Waals surface area contributed by atoms with Crippen LogP contribution >= 0.6 is 11.3 Å². The summed E-state index contributed by atoms with van der Waals surface area (Å²) in [5.74, 6) is -0.0639. The van der Waals surface area contributed by atoms with Gasteiger partial charge in [-0.2, -0.15) is 18.3 Å². The number of carbonyl (C=O) groups is 1. The maximum absolute atomic E-state index is 14.1. The summed E-state index contributed by atoms with van der Waals surface area (Å²) in [7, 11) is 0. The number of Topliss-reactive ketones (excluding diaryl/α,β-unsaturated/α-hetero) is 1. The van der Waals surface area contributed by atoms with E-state index in [0.29, 0.717) is 0 Å². The van der Waals surface area contributed by atoms with Crippen molar-refractivity contribution in [2.45, 2.75) is 63.2 Å². The van der Waals surface area contributed by atoms with Gasteiger partial charge in [0.25, 0.3) is 0 Å². The third-order valence-electron chi connectivity index (χ3n) is 7.90. The highest BCUT2D eigenvalue weighted by atomic mass is 32.1. The average molecular weight is 538 g/mol. The minimum atomic E-state index is -4.49. The Bertz CT molecular complexity index is 1370. The van der Waals surface area contributed by atoms with Gasteiger partial charge in [0.1, 0.15) is 5.82 Å². The van der Waals surface area contributed by atoms with Gasteiger partial charge in [-0.1, -0.05) is 74.5 Å². The molecule has 1 N–H and O–H groups in total. The van der Waals surface area contributed by atoms with Gasteiger partial charge in [0.2, 0.25) is 0 Å². The lowest BCUT2D eigenvalue weighted by Crippen LogP contribution is -2.36. The van der Waals surface area contributed by atoms with E-state index in [0.717, 1.165) is 34.2 Å². The zero-order chi connectivity index (χ0) is 26.9. The van der Waals surface area contributed by atoms with Gasteiger partial charge in [-0.3, -0.25) is 4.79 Å². The number of thiophene rings is 1. The van der Waals surface area contributed by atoms with Crippen molar-refractivity contribution in [3.8, 4) is 10.4 Å². The highest BCUT2D eigenvalue weighted by Crippen LogP contribution is 2.45. The number of nitrogens with one attached hydrogen (secondary N) is 1. The molecule has 2 unspecified atom stereocenters. The minimum absolute atomic E-state index is 0.145. The summed E-state index contributed by atoms with van der Waals surface area (Å²) in [6.45, 7) is 4.11. The monoisotopic (exact) mass is 537 g/mol. The summed E-state index contributed by atoms with van der Waals surface area (Å²) in [5, 5.41) is 9.31. The smallest absolute Gasteiger partial charge is 0.363 e. The van der Waals surface area contributed by atoms with E-state index in [9.17, 15) is 18.0 Å². The fourth-order valence-corrected chi connectivity index (χ4v) is 6.25. The van der Waals surface area contributed by atoms with Crippen LogP contribution in [0.1, 0.15) is 73.1 Å². The Kier molecular flexibility index (Phi) is 7.18. The number of hydrogen-bond donors (Lipinski definition) is 1. The molecule has 4 aromatic rings. The molecule has 0 saturated carbocycles. The Morgan fingerprint density at radius 2 is 1.74 bits per heavy atom. The predicted molar refractivity (Wildman–Crippen MR) is 146 cm³/mol. The summed E-state index contributed by atoms with van der Waals surface area (Å²) in [6.07, 6.45) is -1.75. The first-order valence-corrected chi connectivity index (χ1v) is 13.8. The summed E-state index contributed by atoms with van der Waals surface area (Å²) < 4.78 is 43.2. The Labute approximate surface area is 224 Å². The van der Waals surface area contributed by atoms with Crippen LogP contribution in [0.3, 0.4) is 0 Å². The van der Waals surface area contributed by atoms with Crippen molar-refractivity contribution < 1.29 is 18.0 Å². The van der Waals surface area contributed by atoms with Gasteiger partial charge in [0.05, 0.1) is 17.8 Å². The zero-order valence-electron chi connectivity index (χ0n) is 21.3. The second-order valence-electron chi connectivity index (χ2n) is 9.89. The van der Waals surface area contributed by atoms with E-state index < -0.39 is 23.7 Å². The lowest BCUT2D eigenvalue weighted by molar-refractivity contribution is -0.173. The summed E-state index contributed by atoms with van der Waals surface area (Å²) in [6, 6.07) is 19.0. The summed E-state index contributed by atoms with van der Waals surface area (Å²) in [5.41, 5.74) is 2.70. The van der Waals surface area contributed by atoms with Crippen molar-refractivity contribution in [2.75, 3.05) is 5.32 Å². The van der Waals surface area contributed by atoms with Crippen LogP contribution in [0.5, 0.6) is 0 Å². The first-order valence-electron chi connectivity index (χ1n) is 12.9. The van der Waals surface area contributed by atoms with Gasteiger partial charge in [-0.15, -0.1) is 11.3 Å². The van der Waals surface area contributed by atoms with Crippen LogP contribution in [-0.4, -0.2) is 21.7 Å². The number of benzene rings is 2. The topological polar surface area (TPSA) is 46.9 Å². The van der Waals surface area contributed by atoms with E-state index in [1.165, 1.54) is 11.1 Å². The molecule has 1 aliphatic heterocycles. The maximum Gasteiger partial charge on any atom is 0.410 e. The molecule has 0 amide bonds. The van der Waals surface area contributed by atoms with E-state index in [1.807, 2.05) is 17.5 Å². The van der Waals surface area contributed by atoms with Crippen molar-refractivity contribution in [1.82, 2.24) is 9.78 Å². The first kappa shape index (κ1) is 26.2. The number of ketones is 1. The van der Waals surface area contributed by atoms with Crippen molar-refractivity contribution in [2.24, 2.45) is 0 Å². The fraction of sp³-hybridized carbons (Fsp3) is 0.333. The fourth-order valence-electron chi connectivity index (χ4n) is 5.51. The van der Waals surface area contributed by atoms with Crippen LogP contribution in [0, 0.1) is 0 Å². The molecule has 38 heavy (non-hydrogen) atoms. The van der Waals surface area contributed by atoms with Crippen LogP contribution in [0.25, 0.3) is 10.4 Å². The molecule has 5 rings (SSSR count). The molecular weight excluding hydrogens is 507 g/mol. The third-order valence-corrected chi connectivity index (χ3v) is 8.82. The van der Waals surface area contributed by atoms with Crippen LogP contribution < -0.4 is 5.32 Å². The highest BCUT2D eigenvalue weighted by Gasteiger charge is 2.47. The molecule has 0 saturated heterocycles. The number of aromatic nitrogens is 2. The number of fused-ring (bicyclic) bond motifs is 1. The molecule has 1 aliphatic rings. The SMILES string of the molecule is CCC(CC)(CC(=O)c1cnn2c1NC(c1ccccc1)CC2C(F)(F)F)c1ccc(-c2cccs2)cc1. The Hall–Kier alpha value is -3.39. The van der Waals surface area contributed by atoms with Crippen molar-refractivity contribution >= 4 is 22.9 Å². The first-order chi connectivity index (χ1) is 18.3. The average Bonchev–Trinajstić information content (AvgIpc) is 3.62. The lowest BCUT2D eigenvalue weighted by atomic mass is 9.71. The van der Waals surface area contributed by atoms with Gasteiger partial charge in [0, 0.05) is 23.1 Å². The van der Waals surface area contributed by atoms with Crippen LogP contribution in [0.2, 0.25) is 0 Å². The molecule has 0 aliphatic carbocycles. The number of carbonyl (C=O) groups excluding carboxylic acids is 1. The molecule has 0 spiro atoms. The van der Waals surface area contributed by atoms with Crippen molar-refractivity contribution in [3.05, 3.63) is 95.0 Å². The molecular formula is C30H30F3N3OS. The van der Waals surface area contributed by atoms with Gasteiger partial charge < -0.3 is 5.32 Å². The zero-order valence-corrected chi connectivity index (χ0v) is 22.1. The number of halogens is 3. The molecule has 0 radical (unpaired) electrons. The summed E-state index contributed by atoms with van der Waals surface area (Å²) in [4.78, 5) is 14.9. The van der Waals surface area contributed by atoms with E-state index in [4.69, 9.17) is 0 Å². The Balaban J connectivity index is 1.46. The predicted octanol–water partition coefficient (Wildman–Crippen LogP) is 8.60. The normalized spacial score (nSPS) is 17.6. The number of alkyl halides is 3.